The molecule has 7 nitrogen and oxygen atoms in total. The molecule has 1 aliphatic heterocycles. The van der Waals surface area contributed by atoms with E-state index in [1.807, 2.05) is 6.92 Å². The number of phenols is 2. The van der Waals surface area contributed by atoms with Gasteiger partial charge in [-0.05, 0) is 25.0 Å². The molecule has 0 unspecified atom stereocenters. The zero-order valence-corrected chi connectivity index (χ0v) is 15.0. The molecule has 9 heteroatoms. The number of nitro benzene ring substituents is 1. The van der Waals surface area contributed by atoms with Gasteiger partial charge in [-0.15, -0.1) is 31.4 Å². The van der Waals surface area contributed by atoms with Gasteiger partial charge in [-0.1, -0.05) is 5.57 Å². The number of nitrogens with one attached hydrogen (secondary N) is 1. The molecule has 2 rings (SSSR count). The van der Waals surface area contributed by atoms with E-state index in [0.29, 0.717) is 12.0 Å². The minimum absolute atomic E-state index is 0. The second-order valence-corrected chi connectivity index (χ2v) is 5.63. The van der Waals surface area contributed by atoms with Crippen LogP contribution in [0.4, 0.5) is 5.69 Å². The highest BCUT2D eigenvalue weighted by atomic mass is 35.5. The number of hydrogen-bond acceptors (Lipinski definition) is 6. The van der Waals surface area contributed by atoms with Gasteiger partial charge in [0.25, 0.3) is 0 Å². The first-order valence-electron chi connectivity index (χ1n) is 7.19. The summed E-state index contributed by atoms with van der Waals surface area (Å²) in [5.41, 5.74) is 1.10. The zero-order valence-electron chi connectivity index (χ0n) is 13.4. The van der Waals surface area contributed by atoms with Crippen LogP contribution < -0.4 is 5.32 Å². The van der Waals surface area contributed by atoms with Crippen LogP contribution in [-0.4, -0.2) is 46.2 Å². The van der Waals surface area contributed by atoms with E-state index in [9.17, 15) is 20.3 Å². The van der Waals surface area contributed by atoms with Crippen LogP contribution in [0.1, 0.15) is 24.9 Å². The molecule has 1 aliphatic rings. The van der Waals surface area contributed by atoms with Gasteiger partial charge >= 0.3 is 5.69 Å². The number of aromatic hydroxyl groups is 2. The van der Waals surface area contributed by atoms with Gasteiger partial charge in [-0.3, -0.25) is 15.0 Å². The lowest BCUT2D eigenvalue weighted by Crippen LogP contribution is -2.45. The van der Waals surface area contributed by atoms with Crippen molar-refractivity contribution >= 4 is 30.5 Å². The molecule has 1 aromatic rings. The van der Waals surface area contributed by atoms with Crippen molar-refractivity contribution in [3.05, 3.63) is 40.0 Å². The van der Waals surface area contributed by atoms with E-state index in [1.165, 1.54) is 12.1 Å². The summed E-state index contributed by atoms with van der Waals surface area (Å²) in [5, 5.41) is 33.7. The molecule has 0 amide bonds. The van der Waals surface area contributed by atoms with E-state index in [1.54, 1.807) is 0 Å². The van der Waals surface area contributed by atoms with Gasteiger partial charge in [-0.2, -0.15) is 0 Å². The maximum atomic E-state index is 11.0. The van der Waals surface area contributed by atoms with Crippen LogP contribution in [-0.2, 0) is 0 Å². The van der Waals surface area contributed by atoms with E-state index >= 15 is 0 Å². The number of nitrogens with zero attached hydrogens (tertiary/aromatic N) is 2. The Morgan fingerprint density at radius 2 is 1.96 bits per heavy atom. The smallest absolute Gasteiger partial charge is 0.314 e. The van der Waals surface area contributed by atoms with Crippen molar-refractivity contribution in [2.24, 2.45) is 0 Å². The quantitative estimate of drug-likeness (QED) is 0.315. The summed E-state index contributed by atoms with van der Waals surface area (Å²) >= 11 is 0. The minimum atomic E-state index is -0.692. The second kappa shape index (κ2) is 9.68. The summed E-state index contributed by atoms with van der Waals surface area (Å²) in [6.45, 7) is 9.15. The average Bonchev–Trinajstić information content (AvgIpc) is 2.48. The number of phenolic OH excluding ortho intramolecular Hbond substituents is 2. The molecule has 0 spiro atoms. The van der Waals surface area contributed by atoms with E-state index < -0.39 is 22.1 Å². The van der Waals surface area contributed by atoms with Crippen molar-refractivity contribution in [3.8, 4) is 11.5 Å². The van der Waals surface area contributed by atoms with Gasteiger partial charge in [0.2, 0.25) is 5.75 Å². The Kier molecular flexibility index (Phi) is 9.06. The van der Waals surface area contributed by atoms with Gasteiger partial charge in [0.1, 0.15) is 0 Å². The number of benzene rings is 1. The molecule has 0 bridgehead atoms. The molecule has 1 atom stereocenters. The third-order valence-corrected chi connectivity index (χ3v) is 3.81. The Labute approximate surface area is 153 Å². The normalized spacial score (nSPS) is 15.7. The van der Waals surface area contributed by atoms with Crippen LogP contribution in [0.15, 0.2) is 24.3 Å². The monoisotopic (exact) mass is 379 g/mol. The van der Waals surface area contributed by atoms with Gasteiger partial charge < -0.3 is 15.5 Å². The first-order chi connectivity index (χ1) is 10.4. The largest absolute Gasteiger partial charge is 0.504 e. The lowest BCUT2D eigenvalue weighted by atomic mass is 9.97. The van der Waals surface area contributed by atoms with Gasteiger partial charge in [0, 0.05) is 38.3 Å². The maximum Gasteiger partial charge on any atom is 0.314 e. The fourth-order valence-electron chi connectivity index (χ4n) is 2.74. The topological polar surface area (TPSA) is 98.9 Å². The first kappa shape index (κ1) is 22.5. The number of hydrogen-bond donors (Lipinski definition) is 3. The van der Waals surface area contributed by atoms with E-state index in [-0.39, 0.29) is 30.9 Å². The summed E-state index contributed by atoms with van der Waals surface area (Å²) in [5.74, 6) is -1.16. The number of halogens is 2. The van der Waals surface area contributed by atoms with Crippen molar-refractivity contribution in [3.63, 3.8) is 0 Å². The van der Waals surface area contributed by atoms with E-state index in [2.05, 4.69) is 16.8 Å². The molecule has 0 aliphatic carbocycles. The molecule has 24 heavy (non-hydrogen) atoms. The zero-order chi connectivity index (χ0) is 16.3. The second-order valence-electron chi connectivity index (χ2n) is 5.63. The van der Waals surface area contributed by atoms with Crippen molar-refractivity contribution in [2.45, 2.75) is 19.4 Å². The Bertz CT molecular complexity index is 592. The lowest BCUT2D eigenvalue weighted by Gasteiger charge is -2.35. The highest BCUT2D eigenvalue weighted by Crippen LogP contribution is 2.40. The first-order valence-corrected chi connectivity index (χ1v) is 7.19. The molecule has 0 saturated carbocycles. The number of nitro groups is 1. The standard InChI is InChI=1S/C15H21N3O4.2ClH/c1-10(2)7-12(17-5-3-16-4-6-17)11-8-13(18(21)22)15(20)14(19)9-11;;/h8-9,12,16,19-20H,1,3-7H2,2H3;2*1H/t12-;;/m0../s1. The van der Waals surface area contributed by atoms with Gasteiger partial charge in [-0.25, -0.2) is 0 Å². The highest BCUT2D eigenvalue weighted by Gasteiger charge is 2.27. The molecule has 1 saturated heterocycles. The van der Waals surface area contributed by atoms with Crippen LogP contribution in [0.2, 0.25) is 0 Å². The molecular formula is C15H23Cl2N3O4. The average molecular weight is 380 g/mol. The van der Waals surface area contributed by atoms with Gasteiger partial charge in [0.15, 0.2) is 5.75 Å². The summed E-state index contributed by atoms with van der Waals surface area (Å²) in [6.07, 6.45) is 0.640. The highest BCUT2D eigenvalue weighted by molar-refractivity contribution is 5.85. The molecular weight excluding hydrogens is 357 g/mol. The molecule has 3 N–H and O–H groups in total. The summed E-state index contributed by atoms with van der Waals surface area (Å²) < 4.78 is 0. The minimum Gasteiger partial charge on any atom is -0.504 e. The Morgan fingerprint density at radius 1 is 1.38 bits per heavy atom. The van der Waals surface area contributed by atoms with Crippen molar-refractivity contribution in [1.82, 2.24) is 10.2 Å². The molecule has 1 fully saturated rings. The lowest BCUT2D eigenvalue weighted by molar-refractivity contribution is -0.386. The van der Waals surface area contributed by atoms with Crippen LogP contribution in [0.3, 0.4) is 0 Å². The fraction of sp³-hybridized carbons (Fsp3) is 0.467. The van der Waals surface area contributed by atoms with Crippen molar-refractivity contribution in [1.29, 1.82) is 0 Å². The van der Waals surface area contributed by atoms with Crippen LogP contribution in [0.25, 0.3) is 0 Å². The molecule has 0 radical (unpaired) electrons. The molecule has 1 aromatic carbocycles. The number of rotatable bonds is 5. The third-order valence-electron chi connectivity index (χ3n) is 3.81. The van der Waals surface area contributed by atoms with Crippen molar-refractivity contribution in [2.75, 3.05) is 26.2 Å². The molecule has 136 valence electrons. The molecule has 0 aromatic heterocycles. The Balaban J connectivity index is 0.00000264. The predicted octanol–water partition coefficient (Wildman–Crippen LogP) is 2.76. The fourth-order valence-corrected chi connectivity index (χ4v) is 2.74. The van der Waals surface area contributed by atoms with E-state index in [0.717, 1.165) is 31.8 Å². The maximum absolute atomic E-state index is 11.0. The Morgan fingerprint density at radius 3 is 2.46 bits per heavy atom. The van der Waals surface area contributed by atoms with Crippen molar-refractivity contribution < 1.29 is 15.1 Å². The van der Waals surface area contributed by atoms with Crippen LogP contribution in [0, 0.1) is 10.1 Å². The summed E-state index contributed by atoms with van der Waals surface area (Å²) in [7, 11) is 0. The number of piperazine rings is 1. The van der Waals surface area contributed by atoms with E-state index in [4.69, 9.17) is 0 Å². The Hall–Kier alpha value is -1.54. The molecule has 1 heterocycles. The predicted molar refractivity (Wildman–Crippen MR) is 97.5 cm³/mol. The van der Waals surface area contributed by atoms with Gasteiger partial charge in [0.05, 0.1) is 4.92 Å². The SMILES string of the molecule is C=C(C)C[C@@H](c1cc(O)c(O)c([N+](=O)[O-])c1)N1CCNCC1.Cl.Cl. The third kappa shape index (κ3) is 5.24. The summed E-state index contributed by atoms with van der Waals surface area (Å²) in [6, 6.07) is 2.63. The van der Waals surface area contributed by atoms with Crippen LogP contribution >= 0.6 is 24.8 Å². The van der Waals surface area contributed by atoms with Crippen LogP contribution in [0.5, 0.6) is 11.5 Å². The summed E-state index contributed by atoms with van der Waals surface area (Å²) in [4.78, 5) is 12.6.